The topological polar surface area (TPSA) is 45.5 Å². The molecule has 1 saturated heterocycles. The Bertz CT molecular complexity index is 1090. The summed E-state index contributed by atoms with van der Waals surface area (Å²) in [6.07, 6.45) is 2.36. The number of aromatic nitrogens is 3. The van der Waals surface area contributed by atoms with Crippen LogP contribution in [-0.2, 0) is 0 Å². The van der Waals surface area contributed by atoms with Crippen molar-refractivity contribution in [2.45, 2.75) is 63.6 Å². The largest absolute Gasteiger partial charge is 0.391 e. The SMILES string of the molecule is Cc1cccc(C2CCC(Nc3nc4c(N5CCC(C(F)(F)F)CC5)cccn4n3)CC2)c1. The van der Waals surface area contributed by atoms with Crippen LogP contribution >= 0.6 is 0 Å². The third kappa shape index (κ3) is 4.80. The first-order chi connectivity index (χ1) is 15.9. The first-order valence-electron chi connectivity index (χ1n) is 11.9. The molecular formula is C25H30F3N5. The van der Waals surface area contributed by atoms with Crippen molar-refractivity contribution in [2.75, 3.05) is 23.3 Å². The predicted octanol–water partition coefficient (Wildman–Crippen LogP) is 5.95. The van der Waals surface area contributed by atoms with Crippen LogP contribution in [0.5, 0.6) is 0 Å². The number of anilines is 2. The summed E-state index contributed by atoms with van der Waals surface area (Å²) in [6.45, 7) is 2.89. The summed E-state index contributed by atoms with van der Waals surface area (Å²) in [7, 11) is 0. The van der Waals surface area contributed by atoms with E-state index in [4.69, 9.17) is 4.98 Å². The average Bonchev–Trinajstić information content (AvgIpc) is 3.21. The van der Waals surface area contributed by atoms with E-state index in [1.165, 1.54) is 11.1 Å². The fourth-order valence-electron chi connectivity index (χ4n) is 5.33. The van der Waals surface area contributed by atoms with E-state index in [9.17, 15) is 13.2 Å². The number of nitrogens with one attached hydrogen (secondary N) is 1. The summed E-state index contributed by atoms with van der Waals surface area (Å²) in [4.78, 5) is 6.72. The number of alkyl halides is 3. The molecule has 33 heavy (non-hydrogen) atoms. The van der Waals surface area contributed by atoms with Gasteiger partial charge in [0.05, 0.1) is 11.6 Å². The number of hydrogen-bond acceptors (Lipinski definition) is 4. The Morgan fingerprint density at radius 2 is 1.73 bits per heavy atom. The fraction of sp³-hybridized carbons (Fsp3) is 0.520. The maximum atomic E-state index is 13.0. The fourth-order valence-corrected chi connectivity index (χ4v) is 5.33. The van der Waals surface area contributed by atoms with E-state index >= 15 is 0 Å². The van der Waals surface area contributed by atoms with Crippen LogP contribution < -0.4 is 10.2 Å². The summed E-state index contributed by atoms with van der Waals surface area (Å²) in [5, 5.41) is 8.09. The van der Waals surface area contributed by atoms with Gasteiger partial charge in [0.2, 0.25) is 5.95 Å². The summed E-state index contributed by atoms with van der Waals surface area (Å²) in [6, 6.07) is 12.9. The molecule has 0 unspecified atom stereocenters. The first kappa shape index (κ1) is 22.0. The van der Waals surface area contributed by atoms with Crippen molar-refractivity contribution in [1.29, 1.82) is 0 Å². The van der Waals surface area contributed by atoms with Gasteiger partial charge >= 0.3 is 6.18 Å². The Balaban J connectivity index is 1.24. The van der Waals surface area contributed by atoms with E-state index < -0.39 is 12.1 Å². The average molecular weight is 458 g/mol. The van der Waals surface area contributed by atoms with Crippen LogP contribution in [0.15, 0.2) is 42.6 Å². The molecule has 1 N–H and O–H groups in total. The highest BCUT2D eigenvalue weighted by Crippen LogP contribution is 2.37. The third-order valence-corrected chi connectivity index (χ3v) is 7.21. The van der Waals surface area contributed by atoms with Crippen molar-refractivity contribution in [1.82, 2.24) is 14.6 Å². The van der Waals surface area contributed by atoms with Gasteiger partial charge in [0.15, 0.2) is 5.65 Å². The zero-order valence-corrected chi connectivity index (χ0v) is 18.9. The first-order valence-corrected chi connectivity index (χ1v) is 11.9. The number of aryl methyl sites for hydroxylation is 1. The summed E-state index contributed by atoms with van der Waals surface area (Å²) >= 11 is 0. The number of rotatable bonds is 4. The van der Waals surface area contributed by atoms with Crippen molar-refractivity contribution >= 4 is 17.3 Å². The molecule has 1 aromatic carbocycles. The highest BCUT2D eigenvalue weighted by Gasteiger charge is 2.41. The predicted molar refractivity (Wildman–Crippen MR) is 124 cm³/mol. The Kier molecular flexibility index (Phi) is 5.93. The van der Waals surface area contributed by atoms with Gasteiger partial charge in [0, 0.05) is 25.3 Å². The molecule has 1 saturated carbocycles. The van der Waals surface area contributed by atoms with Crippen LogP contribution in [0.2, 0.25) is 0 Å². The lowest BCUT2D eigenvalue weighted by Gasteiger charge is -2.34. The van der Waals surface area contributed by atoms with E-state index in [-0.39, 0.29) is 12.8 Å². The number of nitrogens with zero attached hydrogens (tertiary/aromatic N) is 4. The van der Waals surface area contributed by atoms with Gasteiger partial charge in [-0.15, -0.1) is 5.10 Å². The lowest BCUT2D eigenvalue weighted by atomic mass is 9.81. The van der Waals surface area contributed by atoms with Gasteiger partial charge in [-0.1, -0.05) is 29.8 Å². The molecule has 8 heteroatoms. The van der Waals surface area contributed by atoms with Gasteiger partial charge in [0.1, 0.15) is 0 Å². The molecule has 3 heterocycles. The molecule has 176 valence electrons. The summed E-state index contributed by atoms with van der Waals surface area (Å²) < 4.78 is 40.8. The van der Waals surface area contributed by atoms with Crippen molar-refractivity contribution in [3.63, 3.8) is 0 Å². The molecule has 5 rings (SSSR count). The van der Waals surface area contributed by atoms with Gasteiger partial charge < -0.3 is 10.2 Å². The van der Waals surface area contributed by atoms with Crippen molar-refractivity contribution in [3.05, 3.63) is 53.7 Å². The minimum absolute atomic E-state index is 0.119. The van der Waals surface area contributed by atoms with Crippen molar-refractivity contribution in [2.24, 2.45) is 5.92 Å². The smallest absolute Gasteiger partial charge is 0.368 e. The molecule has 0 atom stereocenters. The second kappa shape index (κ2) is 8.88. The molecule has 3 aromatic rings. The zero-order chi connectivity index (χ0) is 23.0. The van der Waals surface area contributed by atoms with Crippen LogP contribution in [0, 0.1) is 12.8 Å². The highest BCUT2D eigenvalue weighted by atomic mass is 19.4. The lowest BCUT2D eigenvalue weighted by Crippen LogP contribution is -2.39. The number of pyridine rings is 1. The van der Waals surface area contributed by atoms with Crippen LogP contribution in [0.1, 0.15) is 55.6 Å². The molecule has 1 aliphatic carbocycles. The molecule has 0 bridgehead atoms. The van der Waals surface area contributed by atoms with Gasteiger partial charge in [0.25, 0.3) is 0 Å². The van der Waals surface area contributed by atoms with E-state index in [1.54, 1.807) is 4.52 Å². The summed E-state index contributed by atoms with van der Waals surface area (Å²) in [5.41, 5.74) is 4.28. The third-order valence-electron chi connectivity index (χ3n) is 7.21. The van der Waals surface area contributed by atoms with Gasteiger partial charge in [-0.3, -0.25) is 0 Å². The Morgan fingerprint density at radius 1 is 0.970 bits per heavy atom. The molecule has 2 aliphatic rings. The summed E-state index contributed by atoms with van der Waals surface area (Å²) in [5.74, 6) is -0.0200. The minimum Gasteiger partial charge on any atom is -0.368 e. The molecule has 0 amide bonds. The Labute approximate surface area is 192 Å². The second-order valence-electron chi connectivity index (χ2n) is 9.51. The molecule has 2 fully saturated rings. The number of benzene rings is 1. The maximum absolute atomic E-state index is 13.0. The minimum atomic E-state index is -4.11. The van der Waals surface area contributed by atoms with Crippen LogP contribution in [0.3, 0.4) is 0 Å². The number of halogens is 3. The van der Waals surface area contributed by atoms with E-state index in [2.05, 4.69) is 41.6 Å². The van der Waals surface area contributed by atoms with Gasteiger partial charge in [-0.25, -0.2) is 4.52 Å². The zero-order valence-electron chi connectivity index (χ0n) is 18.9. The van der Waals surface area contributed by atoms with Crippen LogP contribution in [0.25, 0.3) is 5.65 Å². The molecule has 5 nitrogen and oxygen atoms in total. The van der Waals surface area contributed by atoms with Gasteiger partial charge in [-0.2, -0.15) is 18.2 Å². The van der Waals surface area contributed by atoms with E-state index in [0.29, 0.717) is 36.6 Å². The van der Waals surface area contributed by atoms with Gasteiger partial charge in [-0.05, 0) is 69.1 Å². The second-order valence-corrected chi connectivity index (χ2v) is 9.51. The molecule has 2 aromatic heterocycles. The normalized spacial score (nSPS) is 22.6. The van der Waals surface area contributed by atoms with E-state index in [1.807, 2.05) is 23.2 Å². The lowest BCUT2D eigenvalue weighted by molar-refractivity contribution is -0.179. The Morgan fingerprint density at radius 3 is 2.42 bits per heavy atom. The quantitative estimate of drug-likeness (QED) is 0.526. The Hall–Kier alpha value is -2.77. The maximum Gasteiger partial charge on any atom is 0.391 e. The van der Waals surface area contributed by atoms with Crippen molar-refractivity contribution in [3.8, 4) is 0 Å². The monoisotopic (exact) mass is 457 g/mol. The molecule has 0 radical (unpaired) electrons. The standard InChI is InChI=1S/C25H30F3N5/c1-17-4-2-5-19(16-17)18-7-9-21(10-8-18)29-24-30-23-22(6-3-13-33(23)31-24)32-14-11-20(12-15-32)25(26,27)28/h2-6,13,16,18,20-21H,7-12,14-15H2,1H3,(H,29,31). The van der Waals surface area contributed by atoms with Crippen LogP contribution in [-0.4, -0.2) is 39.9 Å². The number of hydrogen-bond donors (Lipinski definition) is 1. The number of fused-ring (bicyclic) bond motifs is 1. The number of piperidine rings is 1. The molecule has 1 aliphatic heterocycles. The van der Waals surface area contributed by atoms with Crippen molar-refractivity contribution < 1.29 is 13.2 Å². The van der Waals surface area contributed by atoms with E-state index in [0.717, 1.165) is 31.4 Å². The highest BCUT2D eigenvalue weighted by molar-refractivity contribution is 5.70. The molecular weight excluding hydrogens is 427 g/mol. The van der Waals surface area contributed by atoms with Crippen LogP contribution in [0.4, 0.5) is 24.8 Å². The molecule has 0 spiro atoms.